The number of halogens is 1. The lowest BCUT2D eigenvalue weighted by molar-refractivity contribution is -0.137. The van der Waals surface area contributed by atoms with Gasteiger partial charge in [-0.2, -0.15) is 0 Å². The van der Waals surface area contributed by atoms with Gasteiger partial charge in [-0.3, -0.25) is 9.59 Å². The number of benzene rings is 2. The number of aromatic nitrogens is 1. The topological polar surface area (TPSA) is 121 Å². The van der Waals surface area contributed by atoms with E-state index >= 15 is 0 Å². The van der Waals surface area contributed by atoms with Crippen molar-refractivity contribution >= 4 is 29.3 Å². The Labute approximate surface area is 207 Å². The smallest absolute Gasteiger partial charge is 0.319 e. The highest BCUT2D eigenvalue weighted by atomic mass is 35.5. The number of urea groups is 1. The Morgan fingerprint density at radius 3 is 2.43 bits per heavy atom. The van der Waals surface area contributed by atoms with Crippen LogP contribution in [0.15, 0.2) is 53.3 Å². The van der Waals surface area contributed by atoms with Crippen LogP contribution in [0.1, 0.15) is 46.8 Å². The fraction of sp³-hybridized carbons (Fsp3) is 0.269. The van der Waals surface area contributed by atoms with Crippen LogP contribution in [-0.2, 0) is 24.2 Å². The second kappa shape index (κ2) is 10.2. The van der Waals surface area contributed by atoms with Gasteiger partial charge in [0.25, 0.3) is 5.56 Å². The average Bonchev–Trinajstić information content (AvgIpc) is 3.30. The number of hydrogen-bond donors (Lipinski definition) is 4. The molecule has 182 valence electrons. The van der Waals surface area contributed by atoms with Crippen molar-refractivity contribution in [1.82, 2.24) is 9.88 Å². The monoisotopic (exact) mass is 495 g/mol. The second-order valence-electron chi connectivity index (χ2n) is 8.68. The molecular formula is C26H26ClN3O5. The maximum atomic E-state index is 13.4. The zero-order chi connectivity index (χ0) is 25.1. The molecule has 0 fully saturated rings. The number of carboxylic acid groups (broad SMARTS) is 1. The first-order valence-electron chi connectivity index (χ1n) is 11.3. The van der Waals surface area contributed by atoms with Crippen molar-refractivity contribution in [3.8, 4) is 5.75 Å². The number of hydrogen-bond acceptors (Lipinski definition) is 4. The fourth-order valence-corrected chi connectivity index (χ4v) is 4.50. The summed E-state index contributed by atoms with van der Waals surface area (Å²) in [5, 5.41) is 25.8. The van der Waals surface area contributed by atoms with Crippen molar-refractivity contribution in [3.63, 3.8) is 0 Å². The molecule has 4 N–H and O–H groups in total. The van der Waals surface area contributed by atoms with E-state index < -0.39 is 23.6 Å². The van der Waals surface area contributed by atoms with Gasteiger partial charge in [0.2, 0.25) is 0 Å². The molecule has 0 bridgehead atoms. The normalized spacial score (nSPS) is 13.2. The van der Waals surface area contributed by atoms with Gasteiger partial charge in [0.1, 0.15) is 5.75 Å². The summed E-state index contributed by atoms with van der Waals surface area (Å²) in [6, 6.07) is 12.7. The molecule has 2 amide bonds. The van der Waals surface area contributed by atoms with Crippen LogP contribution < -0.4 is 16.2 Å². The van der Waals surface area contributed by atoms with Crippen molar-refractivity contribution in [2.24, 2.45) is 0 Å². The summed E-state index contributed by atoms with van der Waals surface area (Å²) in [5.74, 6) is -1.32. The number of aromatic hydroxyl groups is 1. The Morgan fingerprint density at radius 2 is 1.77 bits per heavy atom. The number of aliphatic carboxylic acids is 1. The number of carbonyl (C=O) groups excluding carboxylic acids is 1. The summed E-state index contributed by atoms with van der Waals surface area (Å²) in [6.07, 6.45) is 1.68. The average molecular weight is 496 g/mol. The first-order valence-corrected chi connectivity index (χ1v) is 11.7. The van der Waals surface area contributed by atoms with E-state index in [2.05, 4.69) is 10.6 Å². The Kier molecular flexibility index (Phi) is 7.12. The molecular weight excluding hydrogens is 470 g/mol. The van der Waals surface area contributed by atoms with Gasteiger partial charge in [0.05, 0.1) is 19.0 Å². The molecule has 1 aliphatic carbocycles. The molecule has 9 heteroatoms. The second-order valence-corrected chi connectivity index (χ2v) is 9.12. The fourth-order valence-electron chi connectivity index (χ4n) is 4.38. The Bertz CT molecular complexity index is 1320. The van der Waals surface area contributed by atoms with Crippen molar-refractivity contribution in [2.45, 2.75) is 45.2 Å². The van der Waals surface area contributed by atoms with E-state index in [1.165, 1.54) is 0 Å². The third kappa shape index (κ3) is 5.49. The molecule has 8 nitrogen and oxygen atoms in total. The minimum atomic E-state index is -1.08. The van der Waals surface area contributed by atoms with Crippen LogP contribution in [0.4, 0.5) is 10.5 Å². The highest BCUT2D eigenvalue weighted by molar-refractivity contribution is 6.30. The zero-order valence-electron chi connectivity index (χ0n) is 19.2. The van der Waals surface area contributed by atoms with Gasteiger partial charge in [0.15, 0.2) is 5.69 Å². The van der Waals surface area contributed by atoms with Crippen molar-refractivity contribution in [3.05, 3.63) is 91.9 Å². The standard InChI is InChI=1S/C26H26ClN3O5/c1-15-5-9-17(10-6-15)20(13-22(31)32)28-26(35)29-23-24(33)19-3-2-4-21(19)30(25(23)34)14-16-7-11-18(27)12-8-16/h5-12,20,33H,2-4,13-14H2,1H3,(H,31,32)(H2,28,29,35)/t20-/m0/s1. The Balaban J connectivity index is 1.63. The van der Waals surface area contributed by atoms with E-state index in [1.54, 1.807) is 28.8 Å². The highest BCUT2D eigenvalue weighted by Crippen LogP contribution is 2.34. The van der Waals surface area contributed by atoms with Crippen LogP contribution in [-0.4, -0.2) is 26.8 Å². The van der Waals surface area contributed by atoms with E-state index in [0.29, 0.717) is 29.0 Å². The van der Waals surface area contributed by atoms with Crippen LogP contribution in [0.25, 0.3) is 0 Å². The molecule has 1 aromatic heterocycles. The van der Waals surface area contributed by atoms with Crippen LogP contribution in [0.3, 0.4) is 0 Å². The molecule has 0 spiro atoms. The number of rotatable bonds is 7. The summed E-state index contributed by atoms with van der Waals surface area (Å²) < 4.78 is 1.57. The first-order chi connectivity index (χ1) is 16.7. The maximum absolute atomic E-state index is 13.4. The lowest BCUT2D eigenvalue weighted by atomic mass is 10.0. The number of carboxylic acids is 1. The number of carbonyl (C=O) groups is 2. The van der Waals surface area contributed by atoms with Gasteiger partial charge in [-0.15, -0.1) is 0 Å². The summed E-state index contributed by atoms with van der Waals surface area (Å²) in [4.78, 5) is 37.6. The molecule has 0 aliphatic heterocycles. The number of amides is 2. The third-order valence-corrected chi connectivity index (χ3v) is 6.40. The number of nitrogens with zero attached hydrogens (tertiary/aromatic N) is 1. The quantitative estimate of drug-likeness (QED) is 0.387. The van der Waals surface area contributed by atoms with Crippen molar-refractivity contribution in [1.29, 1.82) is 0 Å². The van der Waals surface area contributed by atoms with Gasteiger partial charge in [-0.05, 0) is 49.4 Å². The number of anilines is 1. The molecule has 1 heterocycles. The molecule has 0 unspecified atom stereocenters. The summed E-state index contributed by atoms with van der Waals surface area (Å²) in [7, 11) is 0. The van der Waals surface area contributed by atoms with Gasteiger partial charge < -0.3 is 25.4 Å². The lowest BCUT2D eigenvalue weighted by Crippen LogP contribution is -2.36. The van der Waals surface area contributed by atoms with Crippen LogP contribution in [0.5, 0.6) is 5.75 Å². The molecule has 0 saturated heterocycles. The first kappa shape index (κ1) is 24.3. The SMILES string of the molecule is Cc1ccc([C@H](CC(=O)O)NC(=O)Nc2c(O)c3c(n(Cc4ccc(Cl)cc4)c2=O)CCC3)cc1. The molecule has 0 saturated carbocycles. The van der Waals surface area contributed by atoms with Gasteiger partial charge >= 0.3 is 12.0 Å². The zero-order valence-corrected chi connectivity index (χ0v) is 19.9. The van der Waals surface area contributed by atoms with E-state index in [0.717, 1.165) is 23.2 Å². The Hall–Kier alpha value is -3.78. The largest absolute Gasteiger partial charge is 0.505 e. The van der Waals surface area contributed by atoms with E-state index in [9.17, 15) is 24.6 Å². The summed E-state index contributed by atoms with van der Waals surface area (Å²) >= 11 is 5.98. The lowest BCUT2D eigenvalue weighted by Gasteiger charge is -2.20. The molecule has 4 rings (SSSR count). The predicted molar refractivity (Wildman–Crippen MR) is 133 cm³/mol. The van der Waals surface area contributed by atoms with Crippen molar-refractivity contribution < 1.29 is 19.8 Å². The van der Waals surface area contributed by atoms with Gasteiger partial charge in [0, 0.05) is 16.3 Å². The number of fused-ring (bicyclic) bond motifs is 1. The van der Waals surface area contributed by atoms with Gasteiger partial charge in [-0.25, -0.2) is 4.79 Å². The maximum Gasteiger partial charge on any atom is 0.319 e. The van der Waals surface area contributed by atoms with E-state index in [-0.39, 0.29) is 24.4 Å². The molecule has 1 aliphatic rings. The van der Waals surface area contributed by atoms with E-state index in [4.69, 9.17) is 11.6 Å². The van der Waals surface area contributed by atoms with Crippen LogP contribution >= 0.6 is 11.6 Å². The predicted octanol–water partition coefficient (Wildman–Crippen LogP) is 4.39. The summed E-state index contributed by atoms with van der Waals surface area (Å²) in [5.41, 5.74) is 3.09. The van der Waals surface area contributed by atoms with E-state index in [1.807, 2.05) is 31.2 Å². The Morgan fingerprint density at radius 1 is 1.09 bits per heavy atom. The number of pyridine rings is 1. The molecule has 3 aromatic rings. The van der Waals surface area contributed by atoms with Crippen molar-refractivity contribution in [2.75, 3.05) is 5.32 Å². The third-order valence-electron chi connectivity index (χ3n) is 6.15. The molecule has 0 radical (unpaired) electrons. The minimum Gasteiger partial charge on any atom is -0.505 e. The van der Waals surface area contributed by atoms with Crippen LogP contribution in [0, 0.1) is 6.92 Å². The van der Waals surface area contributed by atoms with Crippen LogP contribution in [0.2, 0.25) is 5.02 Å². The molecule has 35 heavy (non-hydrogen) atoms. The highest BCUT2D eigenvalue weighted by Gasteiger charge is 2.27. The molecule has 2 aromatic carbocycles. The molecule has 1 atom stereocenters. The number of nitrogens with one attached hydrogen (secondary N) is 2. The minimum absolute atomic E-state index is 0.227. The number of aryl methyl sites for hydroxylation is 1. The summed E-state index contributed by atoms with van der Waals surface area (Å²) in [6.45, 7) is 2.17. The van der Waals surface area contributed by atoms with Gasteiger partial charge in [-0.1, -0.05) is 53.6 Å².